The zero-order valence-electron chi connectivity index (χ0n) is 19.8. The van der Waals surface area contributed by atoms with Gasteiger partial charge in [-0.3, -0.25) is 9.59 Å². The first kappa shape index (κ1) is 27.3. The summed E-state index contributed by atoms with van der Waals surface area (Å²) in [4.78, 5) is 50.7. The van der Waals surface area contributed by atoms with Gasteiger partial charge in [-0.1, -0.05) is 63.3 Å². The van der Waals surface area contributed by atoms with Crippen molar-refractivity contribution in [2.24, 2.45) is 0 Å². The van der Waals surface area contributed by atoms with Crippen molar-refractivity contribution in [2.75, 3.05) is 13.2 Å². The summed E-state index contributed by atoms with van der Waals surface area (Å²) >= 11 is 0. The highest BCUT2D eigenvalue weighted by molar-refractivity contribution is 6.13. The van der Waals surface area contributed by atoms with Gasteiger partial charge in [-0.2, -0.15) is 0 Å². The van der Waals surface area contributed by atoms with E-state index < -0.39 is 35.6 Å². The Morgan fingerprint density at radius 3 is 1.97 bits per heavy atom. The molecule has 32 heavy (non-hydrogen) atoms. The lowest BCUT2D eigenvalue weighted by Gasteiger charge is -2.29. The fourth-order valence-corrected chi connectivity index (χ4v) is 3.63. The van der Waals surface area contributed by atoms with Crippen LogP contribution >= 0.6 is 0 Å². The van der Waals surface area contributed by atoms with Gasteiger partial charge in [0.1, 0.15) is 0 Å². The van der Waals surface area contributed by atoms with Crippen molar-refractivity contribution in [3.63, 3.8) is 0 Å². The zero-order chi connectivity index (χ0) is 24.0. The number of ketones is 1. The molecule has 0 bridgehead atoms. The predicted molar refractivity (Wildman–Crippen MR) is 122 cm³/mol. The molecule has 0 saturated carbocycles. The Bertz CT molecular complexity index is 755. The van der Waals surface area contributed by atoms with Gasteiger partial charge in [0.25, 0.3) is 0 Å². The maximum absolute atomic E-state index is 13.3. The summed E-state index contributed by atoms with van der Waals surface area (Å²) in [6.45, 7) is 6.49. The highest BCUT2D eigenvalue weighted by Gasteiger charge is 2.51. The molecule has 7 heteroatoms. The molecule has 0 radical (unpaired) electrons. The second-order valence-electron chi connectivity index (χ2n) is 7.80. The molecule has 1 N–H and O–H groups in total. The van der Waals surface area contributed by atoms with Gasteiger partial charge in [-0.05, 0) is 32.3 Å². The number of carbonyl (C=O) groups excluding carboxylic acids is 4. The molecule has 0 fully saturated rings. The zero-order valence-corrected chi connectivity index (χ0v) is 19.8. The van der Waals surface area contributed by atoms with Crippen molar-refractivity contribution in [1.82, 2.24) is 5.32 Å². The maximum Gasteiger partial charge on any atom is 0.344 e. The Morgan fingerprint density at radius 2 is 1.41 bits per heavy atom. The van der Waals surface area contributed by atoms with Gasteiger partial charge >= 0.3 is 11.9 Å². The second kappa shape index (κ2) is 14.4. The Kier molecular flexibility index (Phi) is 12.3. The minimum atomic E-state index is -2.22. The highest BCUT2D eigenvalue weighted by atomic mass is 16.6. The van der Waals surface area contributed by atoms with Crippen LogP contribution in [0.15, 0.2) is 24.3 Å². The van der Waals surface area contributed by atoms with Crippen LogP contribution in [0.25, 0.3) is 0 Å². The van der Waals surface area contributed by atoms with Gasteiger partial charge in [-0.25, -0.2) is 9.59 Å². The SMILES string of the molecule is CCCCCCCCc1ccccc1C(=O)CC(NC(C)=O)(C(=O)OCC)C(=O)OCC. The third-order valence-electron chi connectivity index (χ3n) is 5.18. The van der Waals surface area contributed by atoms with Crippen LogP contribution in [-0.2, 0) is 30.3 Å². The number of hydrogen-bond donors (Lipinski definition) is 1. The number of unbranched alkanes of at least 4 members (excludes halogenated alkanes) is 5. The van der Waals surface area contributed by atoms with E-state index in [-0.39, 0.29) is 13.2 Å². The standard InChI is InChI=1S/C25H37NO6/c1-5-8-9-10-11-12-15-20-16-13-14-17-21(20)22(28)18-25(26-19(4)27,23(29)31-6-2)24(30)32-7-3/h13-14,16-17H,5-12,15,18H2,1-4H3,(H,26,27). The number of esters is 2. The van der Waals surface area contributed by atoms with Gasteiger partial charge in [0.15, 0.2) is 5.78 Å². The van der Waals surface area contributed by atoms with Gasteiger partial charge in [0.05, 0.1) is 19.6 Å². The second-order valence-corrected chi connectivity index (χ2v) is 7.80. The number of nitrogens with one attached hydrogen (secondary N) is 1. The topological polar surface area (TPSA) is 98.8 Å². The highest BCUT2D eigenvalue weighted by Crippen LogP contribution is 2.23. The number of carbonyl (C=O) groups is 4. The molecule has 0 atom stereocenters. The van der Waals surface area contributed by atoms with E-state index >= 15 is 0 Å². The van der Waals surface area contributed by atoms with E-state index in [9.17, 15) is 19.2 Å². The normalized spacial score (nSPS) is 11.0. The van der Waals surface area contributed by atoms with Gasteiger partial charge in [0.2, 0.25) is 11.4 Å². The number of aryl methyl sites for hydroxylation is 1. The molecule has 1 amide bonds. The van der Waals surface area contributed by atoms with E-state index in [1.165, 1.54) is 26.2 Å². The number of Topliss-reactive ketones (excluding diaryl/α,β-unsaturated/α-hetero) is 1. The van der Waals surface area contributed by atoms with Crippen LogP contribution in [0, 0.1) is 0 Å². The predicted octanol–water partition coefficient (Wildman–Crippen LogP) is 4.16. The van der Waals surface area contributed by atoms with Crippen LogP contribution in [0.3, 0.4) is 0 Å². The number of hydrogen-bond acceptors (Lipinski definition) is 6. The van der Waals surface area contributed by atoms with Gasteiger partial charge in [0, 0.05) is 12.5 Å². The Hall–Kier alpha value is -2.70. The lowest BCUT2D eigenvalue weighted by Crippen LogP contribution is -2.62. The molecule has 178 valence electrons. The minimum Gasteiger partial charge on any atom is -0.464 e. The fourth-order valence-electron chi connectivity index (χ4n) is 3.63. The Morgan fingerprint density at radius 1 is 0.844 bits per heavy atom. The summed E-state index contributed by atoms with van der Waals surface area (Å²) < 4.78 is 10.1. The van der Waals surface area contributed by atoms with Crippen molar-refractivity contribution >= 4 is 23.6 Å². The number of amides is 1. The Labute approximate surface area is 191 Å². The van der Waals surface area contributed by atoms with E-state index in [1.807, 2.05) is 12.1 Å². The van der Waals surface area contributed by atoms with Crippen LogP contribution in [0.2, 0.25) is 0 Å². The maximum atomic E-state index is 13.3. The summed E-state index contributed by atoms with van der Waals surface area (Å²) in [5.41, 5.74) is -0.927. The molecule has 0 aromatic heterocycles. The third kappa shape index (κ3) is 8.09. The van der Waals surface area contributed by atoms with Crippen LogP contribution in [-0.4, -0.2) is 42.4 Å². The van der Waals surface area contributed by atoms with E-state index in [4.69, 9.17) is 9.47 Å². The number of ether oxygens (including phenoxy) is 2. The van der Waals surface area contributed by atoms with Crippen LogP contribution in [0.5, 0.6) is 0 Å². The largest absolute Gasteiger partial charge is 0.464 e. The molecular weight excluding hydrogens is 410 g/mol. The average molecular weight is 448 g/mol. The van der Waals surface area contributed by atoms with Crippen molar-refractivity contribution < 1.29 is 28.7 Å². The van der Waals surface area contributed by atoms with E-state index in [0.29, 0.717) is 5.56 Å². The molecule has 0 heterocycles. The molecule has 1 rings (SSSR count). The minimum absolute atomic E-state index is 0.0115. The Balaban J connectivity index is 3.13. The first-order valence-electron chi connectivity index (χ1n) is 11.6. The van der Waals surface area contributed by atoms with E-state index in [0.717, 1.165) is 31.2 Å². The van der Waals surface area contributed by atoms with Crippen LogP contribution in [0.1, 0.15) is 88.6 Å². The smallest absolute Gasteiger partial charge is 0.344 e. The van der Waals surface area contributed by atoms with Crippen LogP contribution in [0.4, 0.5) is 0 Å². The lowest BCUT2D eigenvalue weighted by atomic mass is 9.87. The molecule has 0 spiro atoms. The quantitative estimate of drug-likeness (QED) is 0.188. The lowest BCUT2D eigenvalue weighted by molar-refractivity contribution is -0.167. The average Bonchev–Trinajstić information content (AvgIpc) is 2.75. The molecule has 0 unspecified atom stereocenters. The van der Waals surface area contributed by atoms with Crippen LogP contribution < -0.4 is 5.32 Å². The number of rotatable bonds is 15. The summed E-state index contributed by atoms with van der Waals surface area (Å²) in [5, 5.41) is 2.35. The molecule has 0 aliphatic heterocycles. The molecular formula is C25H37NO6. The van der Waals surface area contributed by atoms with Crippen molar-refractivity contribution in [2.45, 2.75) is 84.6 Å². The van der Waals surface area contributed by atoms with Gasteiger partial charge in [-0.15, -0.1) is 0 Å². The molecule has 7 nitrogen and oxygen atoms in total. The fraction of sp³-hybridized carbons (Fsp3) is 0.600. The van der Waals surface area contributed by atoms with Gasteiger partial charge < -0.3 is 14.8 Å². The third-order valence-corrected chi connectivity index (χ3v) is 5.18. The summed E-state index contributed by atoms with van der Waals surface area (Å²) in [5.74, 6) is -3.08. The first-order chi connectivity index (χ1) is 15.3. The van der Waals surface area contributed by atoms with E-state index in [2.05, 4.69) is 12.2 Å². The molecule has 0 aliphatic carbocycles. The monoisotopic (exact) mass is 447 g/mol. The van der Waals surface area contributed by atoms with Crippen molar-refractivity contribution in [3.05, 3.63) is 35.4 Å². The van der Waals surface area contributed by atoms with Crippen molar-refractivity contribution in [1.29, 1.82) is 0 Å². The molecule has 0 saturated heterocycles. The molecule has 1 aromatic rings. The van der Waals surface area contributed by atoms with Crippen molar-refractivity contribution in [3.8, 4) is 0 Å². The molecule has 0 aliphatic rings. The summed E-state index contributed by atoms with van der Waals surface area (Å²) in [6, 6.07) is 7.17. The first-order valence-corrected chi connectivity index (χ1v) is 11.6. The number of benzene rings is 1. The summed E-state index contributed by atoms with van der Waals surface area (Å²) in [6.07, 6.45) is 6.94. The molecule has 1 aromatic carbocycles. The summed E-state index contributed by atoms with van der Waals surface area (Å²) in [7, 11) is 0. The van der Waals surface area contributed by atoms with E-state index in [1.54, 1.807) is 26.0 Å².